The number of amides is 1. The van der Waals surface area contributed by atoms with E-state index in [1.54, 1.807) is 31.2 Å². The fourth-order valence-electron chi connectivity index (χ4n) is 2.72. The molecule has 1 amide bonds. The van der Waals surface area contributed by atoms with Crippen LogP contribution in [-0.4, -0.2) is 17.8 Å². The summed E-state index contributed by atoms with van der Waals surface area (Å²) in [5.41, 5.74) is 3.32. The Morgan fingerprint density at radius 3 is 2.15 bits per heavy atom. The number of benzene rings is 3. The molecule has 0 aliphatic carbocycles. The van der Waals surface area contributed by atoms with Crippen molar-refractivity contribution in [2.24, 2.45) is 0 Å². The van der Waals surface area contributed by atoms with Gasteiger partial charge in [-0.15, -0.1) is 0 Å². The molecule has 1 atom stereocenters. The molecule has 0 heterocycles. The second-order valence-electron chi connectivity index (χ2n) is 6.24. The van der Waals surface area contributed by atoms with Crippen molar-refractivity contribution in [3.8, 4) is 16.9 Å². The molecule has 1 N–H and O–H groups in total. The van der Waals surface area contributed by atoms with Gasteiger partial charge in [0.2, 0.25) is 0 Å². The molecule has 4 nitrogen and oxygen atoms in total. The Morgan fingerprint density at radius 2 is 1.48 bits per heavy atom. The van der Waals surface area contributed by atoms with Crippen LogP contribution >= 0.6 is 0 Å². The van der Waals surface area contributed by atoms with E-state index in [9.17, 15) is 9.59 Å². The molecule has 3 rings (SSSR count). The number of ketones is 1. The maximum Gasteiger partial charge on any atom is 0.265 e. The third-order valence-corrected chi connectivity index (χ3v) is 4.21. The first kappa shape index (κ1) is 18.4. The Labute approximate surface area is 158 Å². The standard InChI is InChI=1S/C23H21NO3/c1-16(25)18-12-14-20(15-13-18)27-17(2)23(26)24-22-11-7-6-10-21(22)19-8-4-3-5-9-19/h3-15,17H,1-2H3,(H,24,26)/t17-/m1/s1. The van der Waals surface area contributed by atoms with Crippen molar-refractivity contribution in [3.63, 3.8) is 0 Å². The average molecular weight is 359 g/mol. The van der Waals surface area contributed by atoms with Crippen LogP contribution in [0, 0.1) is 0 Å². The number of rotatable bonds is 6. The van der Waals surface area contributed by atoms with E-state index in [2.05, 4.69) is 5.32 Å². The molecule has 0 unspecified atom stereocenters. The van der Waals surface area contributed by atoms with Gasteiger partial charge in [0.1, 0.15) is 5.75 Å². The predicted molar refractivity (Wildman–Crippen MR) is 107 cm³/mol. The third-order valence-electron chi connectivity index (χ3n) is 4.21. The van der Waals surface area contributed by atoms with E-state index in [4.69, 9.17) is 4.74 Å². The molecule has 0 spiro atoms. The van der Waals surface area contributed by atoms with Gasteiger partial charge in [0.05, 0.1) is 0 Å². The molecular formula is C23H21NO3. The number of carbonyl (C=O) groups is 2. The summed E-state index contributed by atoms with van der Waals surface area (Å²) in [5.74, 6) is 0.290. The summed E-state index contributed by atoms with van der Waals surface area (Å²) in [4.78, 5) is 23.9. The first-order valence-electron chi connectivity index (χ1n) is 8.77. The number of ether oxygens (including phenoxy) is 1. The quantitative estimate of drug-likeness (QED) is 0.633. The van der Waals surface area contributed by atoms with Gasteiger partial charge in [-0.05, 0) is 49.7 Å². The molecule has 3 aromatic carbocycles. The van der Waals surface area contributed by atoms with Crippen LogP contribution in [0.5, 0.6) is 5.75 Å². The van der Waals surface area contributed by atoms with Crippen molar-refractivity contribution in [2.75, 3.05) is 5.32 Å². The van der Waals surface area contributed by atoms with Crippen molar-refractivity contribution >= 4 is 17.4 Å². The minimum atomic E-state index is -0.683. The summed E-state index contributed by atoms with van der Waals surface area (Å²) in [7, 11) is 0. The summed E-state index contributed by atoms with van der Waals surface area (Å²) in [6.45, 7) is 3.20. The van der Waals surface area contributed by atoms with Gasteiger partial charge >= 0.3 is 0 Å². The van der Waals surface area contributed by atoms with Gasteiger partial charge in [-0.2, -0.15) is 0 Å². The lowest BCUT2D eigenvalue weighted by Crippen LogP contribution is -2.30. The molecule has 0 aromatic heterocycles. The zero-order valence-electron chi connectivity index (χ0n) is 15.3. The number of anilines is 1. The lowest BCUT2D eigenvalue weighted by Gasteiger charge is -2.17. The molecule has 0 aliphatic rings. The van der Waals surface area contributed by atoms with E-state index in [0.29, 0.717) is 11.3 Å². The first-order valence-corrected chi connectivity index (χ1v) is 8.77. The van der Waals surface area contributed by atoms with Crippen molar-refractivity contribution in [2.45, 2.75) is 20.0 Å². The Morgan fingerprint density at radius 1 is 0.852 bits per heavy atom. The van der Waals surface area contributed by atoms with Crippen LogP contribution in [0.3, 0.4) is 0 Å². The lowest BCUT2D eigenvalue weighted by atomic mass is 10.0. The van der Waals surface area contributed by atoms with Crippen LogP contribution < -0.4 is 10.1 Å². The second kappa shape index (κ2) is 8.32. The van der Waals surface area contributed by atoms with Gasteiger partial charge in [-0.1, -0.05) is 48.5 Å². The van der Waals surface area contributed by atoms with Gasteiger partial charge in [-0.25, -0.2) is 0 Å². The molecule has 27 heavy (non-hydrogen) atoms. The van der Waals surface area contributed by atoms with Crippen molar-refractivity contribution in [1.29, 1.82) is 0 Å². The maximum atomic E-state index is 12.6. The van der Waals surface area contributed by atoms with E-state index < -0.39 is 6.10 Å². The summed E-state index contributed by atoms with van der Waals surface area (Å²) in [5, 5.41) is 2.94. The molecule has 0 saturated carbocycles. The zero-order valence-corrected chi connectivity index (χ0v) is 15.3. The topological polar surface area (TPSA) is 55.4 Å². The fourth-order valence-corrected chi connectivity index (χ4v) is 2.72. The number of para-hydroxylation sites is 1. The molecule has 0 radical (unpaired) electrons. The minimum absolute atomic E-state index is 0.00939. The first-order chi connectivity index (χ1) is 13.0. The summed E-state index contributed by atoms with van der Waals surface area (Å²) in [6, 6.07) is 24.3. The Kier molecular flexibility index (Phi) is 5.67. The zero-order chi connectivity index (χ0) is 19.2. The van der Waals surface area contributed by atoms with Gasteiger partial charge in [0.25, 0.3) is 5.91 Å². The smallest absolute Gasteiger partial charge is 0.265 e. The summed E-state index contributed by atoms with van der Waals surface area (Å²) in [6.07, 6.45) is -0.683. The van der Waals surface area contributed by atoms with E-state index >= 15 is 0 Å². The number of hydrogen-bond acceptors (Lipinski definition) is 3. The van der Waals surface area contributed by atoms with Crippen LogP contribution in [0.25, 0.3) is 11.1 Å². The van der Waals surface area contributed by atoms with Crippen molar-refractivity contribution in [1.82, 2.24) is 0 Å². The summed E-state index contributed by atoms with van der Waals surface area (Å²) < 4.78 is 5.71. The summed E-state index contributed by atoms with van der Waals surface area (Å²) >= 11 is 0. The van der Waals surface area contributed by atoms with Gasteiger partial charge < -0.3 is 10.1 Å². The number of nitrogens with one attached hydrogen (secondary N) is 1. The van der Waals surface area contributed by atoms with E-state index in [0.717, 1.165) is 16.8 Å². The second-order valence-corrected chi connectivity index (χ2v) is 6.24. The highest BCUT2D eigenvalue weighted by Crippen LogP contribution is 2.27. The molecule has 0 saturated heterocycles. The lowest BCUT2D eigenvalue weighted by molar-refractivity contribution is -0.122. The Hall–Kier alpha value is -3.40. The third kappa shape index (κ3) is 4.61. The number of Topliss-reactive ketones (excluding diaryl/α,β-unsaturated/α-hetero) is 1. The monoisotopic (exact) mass is 359 g/mol. The minimum Gasteiger partial charge on any atom is -0.481 e. The van der Waals surface area contributed by atoms with Gasteiger partial charge in [0, 0.05) is 16.8 Å². The highest BCUT2D eigenvalue weighted by atomic mass is 16.5. The molecule has 0 bridgehead atoms. The molecule has 3 aromatic rings. The Bertz CT molecular complexity index is 933. The fraction of sp³-hybridized carbons (Fsp3) is 0.130. The van der Waals surface area contributed by atoms with Crippen molar-refractivity contribution < 1.29 is 14.3 Å². The maximum absolute atomic E-state index is 12.6. The van der Waals surface area contributed by atoms with E-state index in [1.165, 1.54) is 6.92 Å². The predicted octanol–water partition coefficient (Wildman–Crippen LogP) is 4.96. The average Bonchev–Trinajstić information content (AvgIpc) is 2.69. The molecular weight excluding hydrogens is 338 g/mol. The number of hydrogen-bond donors (Lipinski definition) is 1. The Balaban J connectivity index is 1.71. The van der Waals surface area contributed by atoms with Crippen LogP contribution in [0.2, 0.25) is 0 Å². The SMILES string of the molecule is CC(=O)c1ccc(O[C@H](C)C(=O)Nc2ccccc2-c2ccccc2)cc1. The highest BCUT2D eigenvalue weighted by Gasteiger charge is 2.16. The molecule has 0 fully saturated rings. The van der Waals surface area contributed by atoms with Crippen LogP contribution in [-0.2, 0) is 4.79 Å². The molecule has 4 heteroatoms. The van der Waals surface area contributed by atoms with Crippen LogP contribution in [0.1, 0.15) is 24.2 Å². The number of carbonyl (C=O) groups excluding carboxylic acids is 2. The molecule has 0 aliphatic heterocycles. The van der Waals surface area contributed by atoms with Gasteiger partial charge in [-0.3, -0.25) is 9.59 Å². The highest BCUT2D eigenvalue weighted by molar-refractivity contribution is 5.98. The van der Waals surface area contributed by atoms with Crippen LogP contribution in [0.4, 0.5) is 5.69 Å². The normalized spacial score (nSPS) is 11.5. The van der Waals surface area contributed by atoms with E-state index in [1.807, 2.05) is 54.6 Å². The molecule has 136 valence electrons. The van der Waals surface area contributed by atoms with Crippen LogP contribution in [0.15, 0.2) is 78.9 Å². The van der Waals surface area contributed by atoms with E-state index in [-0.39, 0.29) is 11.7 Å². The van der Waals surface area contributed by atoms with Crippen molar-refractivity contribution in [3.05, 3.63) is 84.4 Å². The van der Waals surface area contributed by atoms with Gasteiger partial charge in [0.15, 0.2) is 11.9 Å². The largest absolute Gasteiger partial charge is 0.481 e.